The molecule has 0 aliphatic rings. The minimum absolute atomic E-state index is 0.00772. The summed E-state index contributed by atoms with van der Waals surface area (Å²) in [6, 6.07) is 0.00772. The minimum Gasteiger partial charge on any atom is -0.366 e. The van der Waals surface area contributed by atoms with Gasteiger partial charge in [0.15, 0.2) is 0 Å². The molecule has 5 heteroatoms. The predicted molar refractivity (Wildman–Crippen MR) is 58.4 cm³/mol. The Morgan fingerprint density at radius 3 is 1.25 bits per heavy atom. The maximum Gasteiger partial charge on any atom is 0.298 e. The summed E-state index contributed by atoms with van der Waals surface area (Å²) in [7, 11) is -2.92. The van der Waals surface area contributed by atoms with Gasteiger partial charge in [-0.1, -0.05) is 39.3 Å². The SMILES string of the molecule is C[Si](C)(C)NC(=O)N[Si](C)(C)C. The van der Waals surface area contributed by atoms with E-state index in [2.05, 4.69) is 49.2 Å². The number of carbonyl (C=O) groups is 1. The van der Waals surface area contributed by atoms with Crippen molar-refractivity contribution in [2.45, 2.75) is 39.3 Å². The molecule has 0 aromatic carbocycles. The Kier molecular flexibility index (Phi) is 3.52. The fourth-order valence-corrected chi connectivity index (χ4v) is 2.32. The van der Waals surface area contributed by atoms with E-state index in [1.807, 2.05) is 0 Å². The monoisotopic (exact) mass is 204 g/mol. The summed E-state index contributed by atoms with van der Waals surface area (Å²) in [5.74, 6) is 0. The normalized spacial score (nSPS) is 12.5. The van der Waals surface area contributed by atoms with Crippen LogP contribution in [0.5, 0.6) is 0 Å². The van der Waals surface area contributed by atoms with Crippen molar-refractivity contribution in [3.05, 3.63) is 0 Å². The van der Waals surface area contributed by atoms with Gasteiger partial charge in [-0.15, -0.1) is 0 Å². The van der Waals surface area contributed by atoms with Gasteiger partial charge in [-0.3, -0.25) is 4.79 Å². The highest BCUT2D eigenvalue weighted by Crippen LogP contribution is 1.97. The van der Waals surface area contributed by atoms with Gasteiger partial charge in [0.1, 0.15) is 16.5 Å². The van der Waals surface area contributed by atoms with Crippen LogP contribution in [0.2, 0.25) is 39.3 Å². The Balaban J connectivity index is 3.92. The Labute approximate surface area is 77.1 Å². The molecule has 2 amide bonds. The third kappa shape index (κ3) is 7.81. The van der Waals surface area contributed by atoms with Gasteiger partial charge < -0.3 is 9.96 Å². The van der Waals surface area contributed by atoms with E-state index in [4.69, 9.17) is 0 Å². The first-order chi connectivity index (χ1) is 5.10. The third-order valence-electron chi connectivity index (χ3n) is 0.977. The number of carbonyl (C=O) groups excluding carboxylic acids is 1. The van der Waals surface area contributed by atoms with Crippen LogP contribution in [0.3, 0.4) is 0 Å². The number of urea groups is 1. The van der Waals surface area contributed by atoms with Crippen LogP contribution >= 0.6 is 0 Å². The lowest BCUT2D eigenvalue weighted by molar-refractivity contribution is 0.250. The van der Waals surface area contributed by atoms with Crippen molar-refractivity contribution >= 4 is 22.5 Å². The predicted octanol–water partition coefficient (Wildman–Crippen LogP) is 1.96. The first kappa shape index (κ1) is 11.7. The van der Waals surface area contributed by atoms with Crippen molar-refractivity contribution in [1.29, 1.82) is 0 Å². The topological polar surface area (TPSA) is 41.1 Å². The summed E-state index contributed by atoms with van der Waals surface area (Å²) in [5.41, 5.74) is 0. The van der Waals surface area contributed by atoms with E-state index in [-0.39, 0.29) is 6.03 Å². The largest absolute Gasteiger partial charge is 0.366 e. The average Bonchev–Trinajstić information content (AvgIpc) is 1.49. The molecule has 0 aromatic rings. The number of hydrogen-bond donors (Lipinski definition) is 2. The molecule has 72 valence electrons. The summed E-state index contributed by atoms with van der Waals surface area (Å²) in [5, 5.41) is 0. The lowest BCUT2D eigenvalue weighted by atomic mass is 11.2. The molecule has 12 heavy (non-hydrogen) atoms. The molecule has 0 rings (SSSR count). The molecule has 0 aromatic heterocycles. The first-order valence-electron chi connectivity index (χ1n) is 4.20. The Morgan fingerprint density at radius 2 is 1.08 bits per heavy atom. The van der Waals surface area contributed by atoms with Gasteiger partial charge in [0.25, 0.3) is 6.03 Å². The molecule has 0 fully saturated rings. The number of amides is 2. The Morgan fingerprint density at radius 1 is 0.833 bits per heavy atom. The first-order valence-corrected chi connectivity index (χ1v) is 11.2. The summed E-state index contributed by atoms with van der Waals surface area (Å²) >= 11 is 0. The lowest BCUT2D eigenvalue weighted by Gasteiger charge is -2.23. The molecule has 0 radical (unpaired) electrons. The fraction of sp³-hybridized carbons (Fsp3) is 0.857. The van der Waals surface area contributed by atoms with E-state index < -0.39 is 16.5 Å². The Hall–Kier alpha value is -0.296. The van der Waals surface area contributed by atoms with Crippen molar-refractivity contribution < 1.29 is 4.79 Å². The van der Waals surface area contributed by atoms with Crippen molar-refractivity contribution in [3.8, 4) is 0 Å². The van der Waals surface area contributed by atoms with Crippen molar-refractivity contribution in [2.24, 2.45) is 0 Å². The maximum atomic E-state index is 11.3. The molecule has 0 aliphatic carbocycles. The highest BCUT2D eigenvalue weighted by molar-refractivity contribution is 6.78. The maximum absolute atomic E-state index is 11.3. The highest BCUT2D eigenvalue weighted by atomic mass is 28.3. The molecule has 0 atom stereocenters. The van der Waals surface area contributed by atoms with Gasteiger partial charge in [-0.25, -0.2) is 0 Å². The average molecular weight is 204 g/mol. The molecular weight excluding hydrogens is 184 g/mol. The Bertz CT molecular complexity index is 151. The van der Waals surface area contributed by atoms with Gasteiger partial charge in [-0.05, 0) is 0 Å². The van der Waals surface area contributed by atoms with E-state index in [0.717, 1.165) is 0 Å². The van der Waals surface area contributed by atoms with Crippen LogP contribution in [-0.2, 0) is 0 Å². The summed E-state index contributed by atoms with van der Waals surface area (Å²) in [6.45, 7) is 12.6. The van der Waals surface area contributed by atoms with Crippen LogP contribution in [0.4, 0.5) is 4.79 Å². The smallest absolute Gasteiger partial charge is 0.298 e. The van der Waals surface area contributed by atoms with Crippen LogP contribution in [0.15, 0.2) is 0 Å². The van der Waals surface area contributed by atoms with Crippen LogP contribution in [0.25, 0.3) is 0 Å². The molecule has 0 saturated carbocycles. The number of rotatable bonds is 2. The van der Waals surface area contributed by atoms with E-state index in [1.54, 1.807) is 0 Å². The molecule has 2 N–H and O–H groups in total. The zero-order chi connectivity index (χ0) is 9.99. The van der Waals surface area contributed by atoms with Crippen molar-refractivity contribution in [3.63, 3.8) is 0 Å². The second kappa shape index (κ2) is 3.61. The van der Waals surface area contributed by atoms with E-state index in [0.29, 0.717) is 0 Å². The minimum atomic E-state index is -1.46. The van der Waals surface area contributed by atoms with Crippen LogP contribution in [0.1, 0.15) is 0 Å². The second-order valence-electron chi connectivity index (χ2n) is 5.08. The zero-order valence-corrected chi connectivity index (χ0v) is 10.9. The van der Waals surface area contributed by atoms with Crippen LogP contribution in [-0.4, -0.2) is 22.5 Å². The molecule has 3 nitrogen and oxygen atoms in total. The quantitative estimate of drug-likeness (QED) is 0.663. The molecule has 0 aliphatic heterocycles. The van der Waals surface area contributed by atoms with E-state index in [9.17, 15) is 4.79 Å². The molecule has 0 saturated heterocycles. The number of nitrogens with one attached hydrogen (secondary N) is 2. The highest BCUT2D eigenvalue weighted by Gasteiger charge is 2.21. The van der Waals surface area contributed by atoms with Gasteiger partial charge >= 0.3 is 0 Å². The molecule has 0 bridgehead atoms. The van der Waals surface area contributed by atoms with Crippen molar-refractivity contribution in [1.82, 2.24) is 9.96 Å². The van der Waals surface area contributed by atoms with Gasteiger partial charge in [0.2, 0.25) is 0 Å². The van der Waals surface area contributed by atoms with Crippen molar-refractivity contribution in [2.75, 3.05) is 0 Å². The number of hydrogen-bond acceptors (Lipinski definition) is 1. The van der Waals surface area contributed by atoms with Gasteiger partial charge in [0.05, 0.1) is 0 Å². The third-order valence-corrected chi connectivity index (χ3v) is 2.93. The molecule has 0 spiro atoms. The summed E-state index contributed by atoms with van der Waals surface area (Å²) in [4.78, 5) is 17.3. The molecule has 0 heterocycles. The summed E-state index contributed by atoms with van der Waals surface area (Å²) < 4.78 is 0. The van der Waals surface area contributed by atoms with E-state index >= 15 is 0 Å². The molecule has 0 unspecified atom stereocenters. The van der Waals surface area contributed by atoms with E-state index in [1.165, 1.54) is 0 Å². The van der Waals surface area contributed by atoms with Crippen LogP contribution in [0, 0.1) is 0 Å². The standard InChI is InChI=1S/C7H20N2OSi2/c1-11(2,3)8-7(10)9-12(4,5)6/h1-6H3,(H2,8,9,10). The lowest BCUT2D eigenvalue weighted by Crippen LogP contribution is -2.56. The zero-order valence-electron chi connectivity index (χ0n) is 8.91. The molecular formula is C7H20N2OSi2. The van der Waals surface area contributed by atoms with Gasteiger partial charge in [-0.2, -0.15) is 0 Å². The fourth-order valence-electron chi connectivity index (χ4n) is 0.712. The van der Waals surface area contributed by atoms with Crippen LogP contribution < -0.4 is 9.96 Å². The summed E-state index contributed by atoms with van der Waals surface area (Å²) in [6.07, 6.45) is 0. The second-order valence-corrected chi connectivity index (χ2v) is 14.6. The van der Waals surface area contributed by atoms with Gasteiger partial charge in [0, 0.05) is 0 Å².